The Bertz CT molecular complexity index is 1290. The Hall–Kier alpha value is -2.99. The summed E-state index contributed by atoms with van der Waals surface area (Å²) in [6.45, 7) is 5.22. The van der Waals surface area contributed by atoms with E-state index in [1.54, 1.807) is 19.1 Å². The Labute approximate surface area is 199 Å². The Morgan fingerprint density at radius 3 is 2.50 bits per heavy atom. The summed E-state index contributed by atoms with van der Waals surface area (Å²) >= 11 is 5.77. The molecule has 0 radical (unpaired) electrons. The number of alkyl halides is 3. The fourth-order valence-corrected chi connectivity index (χ4v) is 4.43. The number of carbonyl (C=O) groups excluding carboxylic acids is 1. The predicted molar refractivity (Wildman–Crippen MR) is 123 cm³/mol. The van der Waals surface area contributed by atoms with Gasteiger partial charge in [0.15, 0.2) is 11.6 Å². The molecule has 34 heavy (non-hydrogen) atoms. The van der Waals surface area contributed by atoms with Gasteiger partial charge in [-0.1, -0.05) is 25.4 Å². The number of amides is 1. The SMILES string of the molecule is CCS(=O)(CC)=Nc1ccc(-n2ncnc2[C@H](C)NC(=O)c2cc(Cl)cc(C(F)(F)F)c2)nc1. The molecule has 0 aliphatic carbocycles. The van der Waals surface area contributed by atoms with E-state index in [0.29, 0.717) is 28.8 Å². The summed E-state index contributed by atoms with van der Waals surface area (Å²) in [5.74, 6) is 0.759. The van der Waals surface area contributed by atoms with E-state index in [-0.39, 0.29) is 10.6 Å². The number of nitrogens with zero attached hydrogens (tertiary/aromatic N) is 5. The van der Waals surface area contributed by atoms with Gasteiger partial charge in [-0.25, -0.2) is 14.2 Å². The van der Waals surface area contributed by atoms with Crippen molar-refractivity contribution in [2.45, 2.75) is 33.0 Å². The lowest BCUT2D eigenvalue weighted by Gasteiger charge is -2.15. The zero-order valence-electron chi connectivity index (χ0n) is 18.5. The molecule has 0 saturated carbocycles. The van der Waals surface area contributed by atoms with Crippen LogP contribution in [0.2, 0.25) is 5.02 Å². The quantitative estimate of drug-likeness (QED) is 0.480. The molecule has 0 spiro atoms. The average Bonchev–Trinajstić information content (AvgIpc) is 3.28. The molecule has 0 fully saturated rings. The lowest BCUT2D eigenvalue weighted by atomic mass is 10.1. The van der Waals surface area contributed by atoms with Crippen LogP contribution in [0.3, 0.4) is 0 Å². The number of nitrogens with one attached hydrogen (secondary N) is 1. The molecule has 8 nitrogen and oxygen atoms in total. The van der Waals surface area contributed by atoms with Gasteiger partial charge in [-0.05, 0) is 37.3 Å². The van der Waals surface area contributed by atoms with Gasteiger partial charge in [-0.2, -0.15) is 27.3 Å². The van der Waals surface area contributed by atoms with Crippen LogP contribution in [0.15, 0.2) is 47.2 Å². The summed E-state index contributed by atoms with van der Waals surface area (Å²) in [5, 5.41) is 6.51. The number of carbonyl (C=O) groups is 1. The molecule has 1 aromatic carbocycles. The van der Waals surface area contributed by atoms with Crippen LogP contribution in [0.4, 0.5) is 18.9 Å². The van der Waals surface area contributed by atoms with Crippen LogP contribution in [0.5, 0.6) is 0 Å². The Morgan fingerprint density at radius 2 is 1.91 bits per heavy atom. The van der Waals surface area contributed by atoms with Crippen LogP contribution in [0.25, 0.3) is 5.82 Å². The average molecular weight is 515 g/mol. The van der Waals surface area contributed by atoms with Crippen molar-refractivity contribution in [1.82, 2.24) is 25.1 Å². The maximum Gasteiger partial charge on any atom is 0.416 e. The second-order valence-corrected chi connectivity index (χ2v) is 10.6. The second-order valence-electron chi connectivity index (χ2n) is 7.27. The van der Waals surface area contributed by atoms with Crippen molar-refractivity contribution in [1.29, 1.82) is 0 Å². The van der Waals surface area contributed by atoms with Crippen molar-refractivity contribution in [3.8, 4) is 5.82 Å². The highest BCUT2D eigenvalue weighted by Gasteiger charge is 2.32. The van der Waals surface area contributed by atoms with Gasteiger partial charge in [0.25, 0.3) is 5.91 Å². The van der Waals surface area contributed by atoms with Crippen molar-refractivity contribution in [3.63, 3.8) is 0 Å². The van der Waals surface area contributed by atoms with Crippen LogP contribution in [-0.4, -0.2) is 41.4 Å². The maximum absolute atomic E-state index is 13.1. The molecule has 1 atom stereocenters. The fourth-order valence-electron chi connectivity index (χ4n) is 3.03. The molecular formula is C21H22ClF3N6O2S. The van der Waals surface area contributed by atoms with E-state index in [4.69, 9.17) is 11.6 Å². The Balaban J connectivity index is 1.83. The molecule has 2 aromatic heterocycles. The summed E-state index contributed by atoms with van der Waals surface area (Å²) in [7, 11) is -2.34. The Morgan fingerprint density at radius 1 is 1.21 bits per heavy atom. The van der Waals surface area contributed by atoms with E-state index in [1.807, 2.05) is 13.8 Å². The van der Waals surface area contributed by atoms with Gasteiger partial charge < -0.3 is 5.32 Å². The third kappa shape index (κ3) is 5.92. The molecule has 182 valence electrons. The van der Waals surface area contributed by atoms with Gasteiger partial charge in [0.2, 0.25) is 0 Å². The standard InChI is InChI=1S/C21H22ClF3N6O2S/c1-4-34(33,5-2)30-17-6-7-18(26-11-17)31-19(27-12-28-31)13(3)29-20(32)14-8-15(21(23,24)25)10-16(22)9-14/h6-13H,4-5H2,1-3H3,(H,29,32)/t13-/m0/s1. The van der Waals surface area contributed by atoms with Crippen molar-refractivity contribution in [3.05, 3.63) is 64.8 Å². The van der Waals surface area contributed by atoms with E-state index in [2.05, 4.69) is 24.7 Å². The van der Waals surface area contributed by atoms with Gasteiger partial charge >= 0.3 is 6.18 Å². The highest BCUT2D eigenvalue weighted by molar-refractivity contribution is 7.93. The molecule has 2 heterocycles. The zero-order valence-corrected chi connectivity index (χ0v) is 20.1. The molecule has 1 amide bonds. The summed E-state index contributed by atoms with van der Waals surface area (Å²) in [6, 6.07) is 5.16. The number of benzene rings is 1. The number of hydrogen-bond donors (Lipinski definition) is 1. The van der Waals surface area contributed by atoms with Crippen molar-refractivity contribution >= 4 is 32.9 Å². The van der Waals surface area contributed by atoms with Gasteiger partial charge in [0.05, 0.1) is 33.2 Å². The summed E-state index contributed by atoms with van der Waals surface area (Å²) < 4.78 is 57.4. The van der Waals surface area contributed by atoms with Crippen molar-refractivity contribution < 1.29 is 22.2 Å². The molecule has 0 bridgehead atoms. The van der Waals surface area contributed by atoms with E-state index in [1.165, 1.54) is 17.2 Å². The number of aromatic nitrogens is 4. The minimum absolute atomic E-state index is 0.208. The second kappa shape index (κ2) is 10.1. The maximum atomic E-state index is 13.1. The van der Waals surface area contributed by atoms with E-state index < -0.39 is 33.4 Å². The van der Waals surface area contributed by atoms with Crippen LogP contribution < -0.4 is 5.32 Å². The zero-order chi connectivity index (χ0) is 25.1. The predicted octanol–water partition coefficient (Wildman–Crippen LogP) is 4.96. The number of rotatable bonds is 7. The van der Waals surface area contributed by atoms with Crippen molar-refractivity contribution in [2.24, 2.45) is 4.36 Å². The molecule has 0 aliphatic rings. The largest absolute Gasteiger partial charge is 0.416 e. The highest BCUT2D eigenvalue weighted by Crippen LogP contribution is 2.32. The fraction of sp³-hybridized carbons (Fsp3) is 0.333. The number of halogens is 4. The lowest BCUT2D eigenvalue weighted by molar-refractivity contribution is -0.137. The number of hydrogen-bond acceptors (Lipinski definition) is 6. The topological polar surface area (TPSA) is 102 Å². The minimum Gasteiger partial charge on any atom is -0.342 e. The monoisotopic (exact) mass is 514 g/mol. The molecular weight excluding hydrogens is 493 g/mol. The smallest absolute Gasteiger partial charge is 0.342 e. The van der Waals surface area contributed by atoms with E-state index in [9.17, 15) is 22.2 Å². The van der Waals surface area contributed by atoms with Crippen LogP contribution in [0, 0.1) is 0 Å². The normalized spacial score (nSPS) is 12.9. The van der Waals surface area contributed by atoms with Gasteiger partial charge in [0, 0.05) is 22.1 Å². The van der Waals surface area contributed by atoms with Crippen LogP contribution in [-0.2, 0) is 15.9 Å². The molecule has 3 aromatic rings. The molecule has 0 unspecified atom stereocenters. The molecule has 13 heteroatoms. The third-order valence-electron chi connectivity index (χ3n) is 4.92. The first-order chi connectivity index (χ1) is 16.0. The molecule has 3 rings (SSSR count). The van der Waals surface area contributed by atoms with E-state index in [0.717, 1.165) is 18.2 Å². The van der Waals surface area contributed by atoms with Gasteiger partial charge in [0.1, 0.15) is 6.33 Å². The van der Waals surface area contributed by atoms with E-state index >= 15 is 0 Å². The first-order valence-electron chi connectivity index (χ1n) is 10.2. The highest BCUT2D eigenvalue weighted by atomic mass is 35.5. The summed E-state index contributed by atoms with van der Waals surface area (Å²) in [6.07, 6.45) is -1.92. The van der Waals surface area contributed by atoms with Gasteiger partial charge in [-0.15, -0.1) is 0 Å². The van der Waals surface area contributed by atoms with Crippen molar-refractivity contribution in [2.75, 3.05) is 11.5 Å². The van der Waals surface area contributed by atoms with Crippen LogP contribution in [0.1, 0.15) is 48.6 Å². The lowest BCUT2D eigenvalue weighted by Crippen LogP contribution is -2.29. The molecule has 0 aliphatic heterocycles. The van der Waals surface area contributed by atoms with Crippen LogP contribution >= 0.6 is 11.6 Å². The minimum atomic E-state index is -4.64. The molecule has 1 N–H and O–H groups in total. The first kappa shape index (κ1) is 25.6. The third-order valence-corrected chi connectivity index (χ3v) is 7.49. The summed E-state index contributed by atoms with van der Waals surface area (Å²) in [4.78, 5) is 21.0. The Kier molecular flexibility index (Phi) is 7.61. The summed E-state index contributed by atoms with van der Waals surface area (Å²) in [5.41, 5.74) is -0.801. The first-order valence-corrected chi connectivity index (χ1v) is 12.5. The number of pyridine rings is 1. The molecule has 0 saturated heterocycles. The van der Waals surface area contributed by atoms with Gasteiger partial charge in [-0.3, -0.25) is 4.79 Å².